The van der Waals surface area contributed by atoms with Gasteiger partial charge in [0.15, 0.2) is 0 Å². The molecule has 0 aliphatic carbocycles. The zero-order valence-electron chi connectivity index (χ0n) is 12.5. The quantitative estimate of drug-likeness (QED) is 0.920. The second-order valence-electron chi connectivity index (χ2n) is 5.83. The van der Waals surface area contributed by atoms with Gasteiger partial charge in [0.05, 0.1) is 0 Å². The van der Waals surface area contributed by atoms with Crippen LogP contribution in [0.3, 0.4) is 0 Å². The molecule has 1 fully saturated rings. The maximum absolute atomic E-state index is 13.1. The van der Waals surface area contributed by atoms with Crippen molar-refractivity contribution in [3.8, 4) is 11.5 Å². The number of nitrogens with zero attached hydrogens (tertiary/aromatic N) is 1. The molecule has 0 spiro atoms. The number of rotatable bonds is 5. The lowest BCUT2D eigenvalue weighted by Crippen LogP contribution is -2.22. The smallest absolute Gasteiger partial charge is 0.130 e. The van der Waals surface area contributed by atoms with E-state index in [0.717, 1.165) is 31.9 Å². The van der Waals surface area contributed by atoms with Gasteiger partial charge in [0.2, 0.25) is 0 Å². The Morgan fingerprint density at radius 2 is 1.95 bits per heavy atom. The van der Waals surface area contributed by atoms with E-state index in [-0.39, 0.29) is 5.82 Å². The minimum absolute atomic E-state index is 0.294. The topological polar surface area (TPSA) is 38.5 Å². The highest BCUT2D eigenvalue weighted by Gasteiger charge is 2.20. The van der Waals surface area contributed by atoms with Crippen molar-refractivity contribution in [1.82, 2.24) is 4.90 Å². The first-order valence-corrected chi connectivity index (χ1v) is 7.68. The molecule has 3 rings (SSSR count). The van der Waals surface area contributed by atoms with Crippen molar-refractivity contribution in [3.05, 3.63) is 59.9 Å². The summed E-state index contributed by atoms with van der Waals surface area (Å²) in [4.78, 5) is 2.43. The maximum Gasteiger partial charge on any atom is 0.130 e. The molecule has 1 aliphatic rings. The third-order valence-corrected chi connectivity index (χ3v) is 4.06. The molecule has 2 N–H and O–H groups in total. The first-order valence-electron chi connectivity index (χ1n) is 7.68. The molecule has 2 aromatic carbocycles. The van der Waals surface area contributed by atoms with Gasteiger partial charge < -0.3 is 10.5 Å². The van der Waals surface area contributed by atoms with E-state index in [0.29, 0.717) is 11.7 Å². The molecule has 116 valence electrons. The first-order chi connectivity index (χ1) is 10.7. The Morgan fingerprint density at radius 3 is 2.64 bits per heavy atom. The van der Waals surface area contributed by atoms with Crippen molar-refractivity contribution in [2.45, 2.75) is 13.0 Å². The van der Waals surface area contributed by atoms with E-state index in [4.69, 9.17) is 10.5 Å². The Bertz CT molecular complexity index is 615. The maximum atomic E-state index is 13.1. The summed E-state index contributed by atoms with van der Waals surface area (Å²) in [6.07, 6.45) is 1.19. The molecular formula is C18H21FN2O. The van der Waals surface area contributed by atoms with E-state index in [1.165, 1.54) is 24.1 Å². The van der Waals surface area contributed by atoms with Gasteiger partial charge in [-0.25, -0.2) is 4.39 Å². The van der Waals surface area contributed by atoms with Crippen molar-refractivity contribution in [2.24, 2.45) is 11.7 Å². The van der Waals surface area contributed by atoms with Gasteiger partial charge in [0.25, 0.3) is 0 Å². The van der Waals surface area contributed by atoms with E-state index in [9.17, 15) is 4.39 Å². The number of hydrogen-bond donors (Lipinski definition) is 1. The molecule has 3 nitrogen and oxygen atoms in total. The van der Waals surface area contributed by atoms with Gasteiger partial charge in [-0.1, -0.05) is 18.2 Å². The van der Waals surface area contributed by atoms with Crippen molar-refractivity contribution in [3.63, 3.8) is 0 Å². The van der Waals surface area contributed by atoms with E-state index < -0.39 is 0 Å². The predicted molar refractivity (Wildman–Crippen MR) is 85.4 cm³/mol. The van der Waals surface area contributed by atoms with Gasteiger partial charge in [-0.15, -0.1) is 0 Å². The molecule has 0 bridgehead atoms. The average molecular weight is 300 g/mol. The zero-order valence-corrected chi connectivity index (χ0v) is 12.5. The summed E-state index contributed by atoms with van der Waals surface area (Å²) in [6, 6.07) is 14.1. The highest BCUT2D eigenvalue weighted by Crippen LogP contribution is 2.23. The molecule has 2 aromatic rings. The van der Waals surface area contributed by atoms with Gasteiger partial charge in [0.1, 0.15) is 17.3 Å². The van der Waals surface area contributed by atoms with Crippen LogP contribution in [-0.4, -0.2) is 24.5 Å². The highest BCUT2D eigenvalue weighted by atomic mass is 19.1. The Balaban J connectivity index is 1.58. The lowest BCUT2D eigenvalue weighted by molar-refractivity contribution is 0.318. The van der Waals surface area contributed by atoms with Crippen molar-refractivity contribution in [2.75, 3.05) is 19.6 Å². The van der Waals surface area contributed by atoms with Crippen LogP contribution in [0.15, 0.2) is 48.5 Å². The zero-order chi connectivity index (χ0) is 15.4. The molecule has 0 amide bonds. The number of likely N-dealkylation sites (tertiary alicyclic amines) is 1. The fourth-order valence-electron chi connectivity index (χ4n) is 2.84. The molecule has 0 radical (unpaired) electrons. The predicted octanol–water partition coefficient (Wildman–Crippen LogP) is 3.40. The highest BCUT2D eigenvalue weighted by molar-refractivity contribution is 5.33. The van der Waals surface area contributed by atoms with Crippen LogP contribution in [0.1, 0.15) is 12.0 Å². The van der Waals surface area contributed by atoms with Gasteiger partial charge in [-0.2, -0.15) is 0 Å². The fraction of sp³-hybridized carbons (Fsp3) is 0.333. The van der Waals surface area contributed by atoms with Crippen LogP contribution < -0.4 is 10.5 Å². The van der Waals surface area contributed by atoms with Crippen molar-refractivity contribution < 1.29 is 9.13 Å². The van der Waals surface area contributed by atoms with Crippen LogP contribution in [0, 0.1) is 11.7 Å². The average Bonchev–Trinajstić information content (AvgIpc) is 2.97. The lowest BCUT2D eigenvalue weighted by atomic mass is 10.1. The largest absolute Gasteiger partial charge is 0.457 e. The summed E-state index contributed by atoms with van der Waals surface area (Å²) in [5, 5.41) is 0. The molecule has 1 atom stereocenters. The number of nitrogens with two attached hydrogens (primary N) is 1. The Labute approximate surface area is 130 Å². The van der Waals surface area contributed by atoms with E-state index >= 15 is 0 Å². The van der Waals surface area contributed by atoms with Gasteiger partial charge in [-0.3, -0.25) is 4.90 Å². The van der Waals surface area contributed by atoms with Crippen LogP contribution in [0.5, 0.6) is 11.5 Å². The Morgan fingerprint density at radius 1 is 1.14 bits per heavy atom. The summed E-state index contributed by atoms with van der Waals surface area (Å²) < 4.78 is 18.8. The SMILES string of the molecule is NCC1CCN(Cc2ccc(Oc3cccc(F)c3)cc2)C1. The van der Waals surface area contributed by atoms with E-state index in [1.807, 2.05) is 12.1 Å². The number of hydrogen-bond acceptors (Lipinski definition) is 3. The third kappa shape index (κ3) is 3.84. The molecule has 0 saturated carbocycles. The summed E-state index contributed by atoms with van der Waals surface area (Å²) in [7, 11) is 0. The summed E-state index contributed by atoms with van der Waals surface area (Å²) in [5.41, 5.74) is 6.98. The second-order valence-corrected chi connectivity index (χ2v) is 5.83. The Hall–Kier alpha value is -1.91. The van der Waals surface area contributed by atoms with Crippen LogP contribution in [-0.2, 0) is 6.54 Å². The summed E-state index contributed by atoms with van der Waals surface area (Å²) >= 11 is 0. The van der Waals surface area contributed by atoms with Crippen LogP contribution in [0.2, 0.25) is 0 Å². The van der Waals surface area contributed by atoms with Gasteiger partial charge >= 0.3 is 0 Å². The molecule has 1 aliphatic heterocycles. The molecule has 0 aromatic heterocycles. The van der Waals surface area contributed by atoms with Crippen molar-refractivity contribution in [1.29, 1.82) is 0 Å². The van der Waals surface area contributed by atoms with Crippen LogP contribution >= 0.6 is 0 Å². The molecular weight excluding hydrogens is 279 g/mol. The van der Waals surface area contributed by atoms with E-state index in [1.54, 1.807) is 12.1 Å². The van der Waals surface area contributed by atoms with Gasteiger partial charge in [0, 0.05) is 19.2 Å². The lowest BCUT2D eigenvalue weighted by Gasteiger charge is -2.16. The van der Waals surface area contributed by atoms with Gasteiger partial charge in [-0.05, 0) is 55.3 Å². The molecule has 1 heterocycles. The minimum Gasteiger partial charge on any atom is -0.457 e. The molecule has 22 heavy (non-hydrogen) atoms. The number of halogens is 1. The Kier molecular flexibility index (Phi) is 4.71. The standard InChI is InChI=1S/C18H21FN2O/c19-16-2-1-3-18(10-16)22-17-6-4-14(5-7-17)12-21-9-8-15(11-20)13-21/h1-7,10,15H,8-9,11-13,20H2. The van der Waals surface area contributed by atoms with Crippen LogP contribution in [0.25, 0.3) is 0 Å². The minimum atomic E-state index is -0.294. The summed E-state index contributed by atoms with van der Waals surface area (Å²) in [5.74, 6) is 1.57. The second kappa shape index (κ2) is 6.90. The summed E-state index contributed by atoms with van der Waals surface area (Å²) in [6.45, 7) is 3.91. The number of ether oxygens (including phenoxy) is 1. The van der Waals surface area contributed by atoms with Crippen LogP contribution in [0.4, 0.5) is 4.39 Å². The van der Waals surface area contributed by atoms with Crippen molar-refractivity contribution >= 4 is 0 Å². The number of benzene rings is 2. The fourth-order valence-corrected chi connectivity index (χ4v) is 2.84. The molecule has 1 saturated heterocycles. The molecule has 1 unspecified atom stereocenters. The first kappa shape index (κ1) is 15.0. The molecule has 4 heteroatoms. The monoisotopic (exact) mass is 300 g/mol. The van der Waals surface area contributed by atoms with E-state index in [2.05, 4.69) is 17.0 Å². The third-order valence-electron chi connectivity index (χ3n) is 4.06. The normalized spacial score (nSPS) is 18.5.